The maximum absolute atomic E-state index is 3.93. The highest BCUT2D eigenvalue weighted by molar-refractivity contribution is 9.10. The molecule has 1 unspecified atom stereocenters. The summed E-state index contributed by atoms with van der Waals surface area (Å²) in [6, 6.07) is 38.4. The van der Waals surface area contributed by atoms with E-state index in [1.54, 1.807) is 0 Å². The molecule has 5 aromatic rings. The Bertz CT molecular complexity index is 2030. The molecule has 2 aliphatic carbocycles. The Balaban J connectivity index is 1.46. The van der Waals surface area contributed by atoms with Gasteiger partial charge in [-0.1, -0.05) is 193 Å². The smallest absolute Gasteiger partial charge is 0.0654 e. The zero-order valence-corrected chi connectivity index (χ0v) is 35.8. The number of benzene rings is 5. The summed E-state index contributed by atoms with van der Waals surface area (Å²) in [6.45, 7) is 18.7. The quantitative estimate of drug-likeness (QED) is 0.121. The van der Waals surface area contributed by atoms with Crippen molar-refractivity contribution < 1.29 is 0 Å². The van der Waals surface area contributed by atoms with Gasteiger partial charge in [0.1, 0.15) is 0 Å². The van der Waals surface area contributed by atoms with Gasteiger partial charge in [-0.05, 0) is 120 Å². The lowest BCUT2D eigenvalue weighted by molar-refractivity contribution is 0.479. The first-order valence-electron chi connectivity index (χ1n) is 19.7. The van der Waals surface area contributed by atoms with Crippen LogP contribution in [0.3, 0.4) is 0 Å². The summed E-state index contributed by atoms with van der Waals surface area (Å²) in [5, 5.41) is 0. The first kappa shape index (κ1) is 37.4. The second-order valence-corrected chi connectivity index (χ2v) is 19.8. The molecule has 7 rings (SSSR count). The fourth-order valence-electron chi connectivity index (χ4n) is 9.31. The Morgan fingerprint density at radius 3 is 1.38 bits per heavy atom. The monoisotopic (exact) mass is 814 g/mol. The number of unbranched alkanes of at least 4 members (excludes halogenated alkanes) is 6. The molecule has 0 spiro atoms. The number of hydrogen-bond donors (Lipinski definition) is 0. The Hall–Kier alpha value is -2.94. The van der Waals surface area contributed by atoms with Crippen LogP contribution in [0.1, 0.15) is 151 Å². The molecule has 2 heteroatoms. The van der Waals surface area contributed by atoms with Gasteiger partial charge in [0.05, 0.1) is 5.41 Å². The maximum atomic E-state index is 3.93. The molecule has 0 aliphatic heterocycles. The fraction of sp³-hybridized carbons (Fsp3) is 0.400. The van der Waals surface area contributed by atoms with E-state index in [9.17, 15) is 0 Å². The molecule has 0 N–H and O–H groups in total. The molecule has 2 aliphatic rings. The minimum absolute atomic E-state index is 0.0453. The van der Waals surface area contributed by atoms with Gasteiger partial charge in [0.25, 0.3) is 0 Å². The van der Waals surface area contributed by atoms with Crippen LogP contribution in [0, 0.1) is 0 Å². The molecular weight excluding hydrogens is 760 g/mol. The molecule has 0 heterocycles. The minimum atomic E-state index is -0.469. The van der Waals surface area contributed by atoms with E-state index in [1.807, 2.05) is 0 Å². The van der Waals surface area contributed by atoms with E-state index < -0.39 is 5.41 Å². The van der Waals surface area contributed by atoms with E-state index in [-0.39, 0.29) is 16.2 Å². The average Bonchev–Trinajstić information content (AvgIpc) is 3.51. The van der Waals surface area contributed by atoms with Crippen LogP contribution in [0.4, 0.5) is 0 Å². The molecule has 0 amide bonds. The minimum Gasteiger partial charge on any atom is -0.0654 e. The lowest BCUT2D eigenvalue weighted by atomic mass is 9.66. The fourth-order valence-corrected chi connectivity index (χ4v) is 10.0. The molecule has 5 aromatic carbocycles. The van der Waals surface area contributed by atoms with Crippen LogP contribution in [0.2, 0.25) is 0 Å². The lowest BCUT2D eigenvalue weighted by Crippen LogP contribution is -2.29. The van der Waals surface area contributed by atoms with Gasteiger partial charge in [-0.15, -0.1) is 0 Å². The molecular formula is C50H56Br2. The summed E-state index contributed by atoms with van der Waals surface area (Å²) < 4.78 is 2.28. The van der Waals surface area contributed by atoms with Gasteiger partial charge in [0.2, 0.25) is 0 Å². The zero-order valence-electron chi connectivity index (χ0n) is 32.7. The van der Waals surface area contributed by atoms with E-state index in [2.05, 4.69) is 184 Å². The number of halogens is 2. The van der Waals surface area contributed by atoms with Crippen molar-refractivity contribution >= 4 is 31.9 Å². The van der Waals surface area contributed by atoms with Crippen molar-refractivity contribution in [1.29, 1.82) is 0 Å². The lowest BCUT2D eigenvalue weighted by Gasteiger charge is -2.35. The van der Waals surface area contributed by atoms with Crippen molar-refractivity contribution in [2.24, 2.45) is 0 Å². The SMILES string of the molecule is CCCCCCCCCC1(C)c2cc(Br)ccc2-c2cc3c(cc21)-c1ccc(Br)cc1C3(c1ccc(C(C)(C)C)cc1)c1ccc(C(C)(C)C)cc1. The third-order valence-electron chi connectivity index (χ3n) is 12.3. The molecule has 0 bridgehead atoms. The van der Waals surface area contributed by atoms with Gasteiger partial charge < -0.3 is 0 Å². The summed E-state index contributed by atoms with van der Waals surface area (Å²) in [7, 11) is 0. The van der Waals surface area contributed by atoms with Crippen molar-refractivity contribution in [2.75, 3.05) is 0 Å². The molecule has 52 heavy (non-hydrogen) atoms. The van der Waals surface area contributed by atoms with Crippen LogP contribution < -0.4 is 0 Å². The van der Waals surface area contributed by atoms with E-state index >= 15 is 0 Å². The van der Waals surface area contributed by atoms with Crippen molar-refractivity contribution in [3.8, 4) is 22.3 Å². The van der Waals surface area contributed by atoms with Crippen LogP contribution in [0.5, 0.6) is 0 Å². The Kier molecular flexibility index (Phi) is 10.1. The third kappa shape index (κ3) is 6.38. The first-order chi connectivity index (χ1) is 24.7. The van der Waals surface area contributed by atoms with Gasteiger partial charge in [-0.25, -0.2) is 0 Å². The predicted octanol–water partition coefficient (Wildman–Crippen LogP) is 15.6. The van der Waals surface area contributed by atoms with E-state index in [4.69, 9.17) is 0 Å². The van der Waals surface area contributed by atoms with Crippen LogP contribution in [0.25, 0.3) is 22.3 Å². The van der Waals surface area contributed by atoms with Crippen molar-refractivity contribution in [3.05, 3.63) is 151 Å². The van der Waals surface area contributed by atoms with Gasteiger partial charge in [-0.2, -0.15) is 0 Å². The number of rotatable bonds is 10. The highest BCUT2D eigenvalue weighted by Crippen LogP contribution is 2.61. The Morgan fingerprint density at radius 1 is 0.462 bits per heavy atom. The Labute approximate surface area is 331 Å². The first-order valence-corrected chi connectivity index (χ1v) is 21.3. The zero-order chi connectivity index (χ0) is 37.1. The molecule has 0 saturated heterocycles. The molecule has 0 nitrogen and oxygen atoms in total. The normalized spacial score (nSPS) is 17.1. The van der Waals surface area contributed by atoms with Gasteiger partial charge in [-0.3, -0.25) is 0 Å². The van der Waals surface area contributed by atoms with Crippen LogP contribution in [-0.4, -0.2) is 0 Å². The van der Waals surface area contributed by atoms with Crippen molar-refractivity contribution in [2.45, 2.75) is 128 Å². The molecule has 0 saturated carbocycles. The molecule has 0 aromatic heterocycles. The second kappa shape index (κ2) is 14.0. The van der Waals surface area contributed by atoms with E-state index in [0.29, 0.717) is 0 Å². The number of hydrogen-bond acceptors (Lipinski definition) is 0. The van der Waals surface area contributed by atoms with Crippen molar-refractivity contribution in [1.82, 2.24) is 0 Å². The van der Waals surface area contributed by atoms with Gasteiger partial charge in [0.15, 0.2) is 0 Å². The van der Waals surface area contributed by atoms with Gasteiger partial charge in [0, 0.05) is 14.4 Å². The second-order valence-electron chi connectivity index (χ2n) is 17.9. The summed E-state index contributed by atoms with van der Waals surface area (Å²) in [5.74, 6) is 0. The highest BCUT2D eigenvalue weighted by Gasteiger charge is 2.49. The maximum Gasteiger partial charge on any atom is 0.0714 e. The van der Waals surface area contributed by atoms with Crippen LogP contribution in [0.15, 0.2) is 106 Å². The summed E-state index contributed by atoms with van der Waals surface area (Å²) in [6.07, 6.45) is 10.4. The molecule has 0 radical (unpaired) electrons. The highest BCUT2D eigenvalue weighted by atomic mass is 79.9. The van der Waals surface area contributed by atoms with E-state index in [1.165, 1.54) is 116 Å². The molecule has 1 atom stereocenters. The average molecular weight is 817 g/mol. The standard InChI is InChI=1S/C50H56Br2/c1-9-10-11-12-13-14-15-28-49(8)43-29-37(51)24-26-39(43)41-32-46-42(31-44(41)49)40-27-25-38(52)30-45(40)50(46,35-20-16-33(17-21-35)47(2,3)4)36-22-18-34(19-23-36)48(5,6)7/h16-27,29-32H,9-15,28H2,1-8H3. The third-order valence-corrected chi connectivity index (χ3v) is 13.3. The molecule has 0 fully saturated rings. The van der Waals surface area contributed by atoms with Gasteiger partial charge >= 0.3 is 0 Å². The predicted molar refractivity (Wildman–Crippen MR) is 231 cm³/mol. The Morgan fingerprint density at radius 2 is 0.865 bits per heavy atom. The summed E-state index contributed by atoms with van der Waals surface area (Å²) in [4.78, 5) is 0. The largest absolute Gasteiger partial charge is 0.0714 e. The molecule has 270 valence electrons. The van der Waals surface area contributed by atoms with Crippen LogP contribution in [-0.2, 0) is 21.7 Å². The van der Waals surface area contributed by atoms with E-state index in [0.717, 1.165) is 10.9 Å². The summed E-state index contributed by atoms with van der Waals surface area (Å²) in [5.41, 5.74) is 16.2. The van der Waals surface area contributed by atoms with Crippen molar-refractivity contribution in [3.63, 3.8) is 0 Å². The topological polar surface area (TPSA) is 0 Å². The van der Waals surface area contributed by atoms with Crippen LogP contribution >= 0.6 is 31.9 Å². The summed E-state index contributed by atoms with van der Waals surface area (Å²) >= 11 is 7.81. The number of fused-ring (bicyclic) bond motifs is 6.